The quantitative estimate of drug-likeness (QED) is 0.357. The molecule has 2 aromatic carbocycles. The number of likely N-dealkylation sites (tertiary alicyclic amines) is 1. The Bertz CT molecular complexity index is 1310. The van der Waals surface area contributed by atoms with Gasteiger partial charge in [-0.15, -0.1) is 0 Å². The van der Waals surface area contributed by atoms with E-state index in [0.717, 1.165) is 5.56 Å². The van der Waals surface area contributed by atoms with Crippen LogP contribution in [0.25, 0.3) is 0 Å². The van der Waals surface area contributed by atoms with Crippen LogP contribution in [0.3, 0.4) is 0 Å². The summed E-state index contributed by atoms with van der Waals surface area (Å²) in [6.45, 7) is 0.160. The van der Waals surface area contributed by atoms with E-state index in [9.17, 15) is 22.8 Å². The summed E-state index contributed by atoms with van der Waals surface area (Å²) in [7, 11) is 1.50. The molecular weight excluding hydrogens is 539 g/mol. The second kappa shape index (κ2) is 12.2. The molecule has 0 saturated carbocycles. The molecule has 0 aliphatic carbocycles. The lowest BCUT2D eigenvalue weighted by atomic mass is 10.2. The standard InChI is InChI=1S/C27H25ClF3N3O5/c1-37-19-11-9-18(10-12-19)15-38-25-23(20(28)14-22(32-25)27(29,30)31)33-24(35)21-8-5-13-34(21)26(36)39-16-17-6-3-2-4-7-17/h2-4,6-7,9-12,14,21H,5,8,13,15-16H2,1H3,(H,33,35)/t21-/m1/s1. The Morgan fingerprint density at radius 2 is 1.77 bits per heavy atom. The lowest BCUT2D eigenvalue weighted by Gasteiger charge is -2.24. The second-order valence-electron chi connectivity index (χ2n) is 8.68. The zero-order valence-corrected chi connectivity index (χ0v) is 21.6. The molecule has 1 N–H and O–H groups in total. The van der Waals surface area contributed by atoms with Gasteiger partial charge in [0.1, 0.15) is 36.4 Å². The summed E-state index contributed by atoms with van der Waals surface area (Å²) in [5, 5.41) is 2.11. The monoisotopic (exact) mass is 563 g/mol. The van der Waals surface area contributed by atoms with Crippen LogP contribution in [0, 0.1) is 0 Å². The molecule has 39 heavy (non-hydrogen) atoms. The van der Waals surface area contributed by atoms with Crippen LogP contribution in [0.4, 0.5) is 23.7 Å². The summed E-state index contributed by atoms with van der Waals surface area (Å²) >= 11 is 6.17. The van der Waals surface area contributed by atoms with Gasteiger partial charge in [-0.2, -0.15) is 13.2 Å². The Morgan fingerprint density at radius 1 is 1.08 bits per heavy atom. The number of nitrogens with zero attached hydrogens (tertiary/aromatic N) is 2. The van der Waals surface area contributed by atoms with E-state index in [-0.39, 0.29) is 25.4 Å². The molecule has 0 unspecified atom stereocenters. The average molecular weight is 564 g/mol. The molecule has 2 amide bonds. The first kappa shape index (κ1) is 28.0. The Kier molecular flexibility index (Phi) is 8.80. The summed E-state index contributed by atoms with van der Waals surface area (Å²) in [6.07, 6.45) is -4.60. The van der Waals surface area contributed by atoms with Crippen LogP contribution < -0.4 is 14.8 Å². The Hall–Kier alpha value is -3.99. The first-order valence-electron chi connectivity index (χ1n) is 12.0. The zero-order valence-electron chi connectivity index (χ0n) is 20.8. The minimum Gasteiger partial charge on any atom is -0.497 e. The third-order valence-electron chi connectivity index (χ3n) is 6.01. The van der Waals surface area contributed by atoms with E-state index in [1.807, 2.05) is 18.2 Å². The smallest absolute Gasteiger partial charge is 0.433 e. The molecule has 2 heterocycles. The fourth-order valence-corrected chi connectivity index (χ4v) is 4.23. The predicted octanol–water partition coefficient (Wildman–Crippen LogP) is 6.08. The van der Waals surface area contributed by atoms with Gasteiger partial charge in [0.15, 0.2) is 0 Å². The maximum absolute atomic E-state index is 13.4. The molecule has 8 nitrogen and oxygen atoms in total. The molecule has 0 bridgehead atoms. The van der Waals surface area contributed by atoms with Gasteiger partial charge in [-0.1, -0.05) is 54.1 Å². The number of aromatic nitrogens is 1. The van der Waals surface area contributed by atoms with Crippen molar-refractivity contribution in [2.75, 3.05) is 19.0 Å². The van der Waals surface area contributed by atoms with E-state index >= 15 is 0 Å². The third-order valence-corrected chi connectivity index (χ3v) is 6.30. The Morgan fingerprint density at radius 3 is 2.44 bits per heavy atom. The second-order valence-corrected chi connectivity index (χ2v) is 9.09. The summed E-state index contributed by atoms with van der Waals surface area (Å²) in [5.74, 6) is -0.563. The largest absolute Gasteiger partial charge is 0.497 e. The van der Waals surface area contributed by atoms with Crippen molar-refractivity contribution in [3.63, 3.8) is 0 Å². The third kappa shape index (κ3) is 7.11. The van der Waals surface area contributed by atoms with E-state index in [1.54, 1.807) is 36.4 Å². The van der Waals surface area contributed by atoms with Crippen molar-refractivity contribution in [1.29, 1.82) is 0 Å². The first-order chi connectivity index (χ1) is 18.7. The number of pyridine rings is 1. The molecule has 1 atom stereocenters. The fourth-order valence-electron chi connectivity index (χ4n) is 3.99. The molecular formula is C27H25ClF3N3O5. The number of anilines is 1. The number of benzene rings is 2. The fraction of sp³-hybridized carbons (Fsp3) is 0.296. The van der Waals surface area contributed by atoms with Crippen molar-refractivity contribution in [3.8, 4) is 11.6 Å². The van der Waals surface area contributed by atoms with E-state index in [4.69, 9.17) is 25.8 Å². The van der Waals surface area contributed by atoms with Gasteiger partial charge in [-0.3, -0.25) is 9.69 Å². The number of carbonyl (C=O) groups is 2. The molecule has 0 spiro atoms. The number of halogens is 4. The molecule has 1 saturated heterocycles. The van der Waals surface area contributed by atoms with Crippen molar-refractivity contribution in [2.24, 2.45) is 0 Å². The minimum atomic E-state index is -4.80. The minimum absolute atomic E-state index is 0.0303. The van der Waals surface area contributed by atoms with Crippen LogP contribution in [-0.2, 0) is 28.9 Å². The number of alkyl halides is 3. The number of rotatable bonds is 8. The number of carbonyl (C=O) groups excluding carboxylic acids is 2. The van der Waals surface area contributed by atoms with Gasteiger partial charge in [-0.05, 0) is 42.2 Å². The topological polar surface area (TPSA) is 90.0 Å². The molecule has 3 aromatic rings. The van der Waals surface area contributed by atoms with E-state index in [0.29, 0.717) is 30.2 Å². The van der Waals surface area contributed by atoms with Gasteiger partial charge in [0.2, 0.25) is 11.8 Å². The first-order valence-corrected chi connectivity index (χ1v) is 12.3. The molecule has 1 fully saturated rings. The van der Waals surface area contributed by atoms with Gasteiger partial charge in [0.25, 0.3) is 0 Å². The summed E-state index contributed by atoms with van der Waals surface area (Å²) in [6, 6.07) is 15.4. The van der Waals surface area contributed by atoms with Gasteiger partial charge in [0.05, 0.1) is 12.1 Å². The molecule has 12 heteroatoms. The molecule has 0 radical (unpaired) electrons. The van der Waals surface area contributed by atoms with Gasteiger partial charge >= 0.3 is 12.3 Å². The summed E-state index contributed by atoms with van der Waals surface area (Å²) in [4.78, 5) is 30.8. The van der Waals surface area contributed by atoms with E-state index in [1.165, 1.54) is 12.0 Å². The van der Waals surface area contributed by atoms with Crippen LogP contribution in [0.15, 0.2) is 60.7 Å². The average Bonchev–Trinajstić information content (AvgIpc) is 3.42. The number of hydrogen-bond donors (Lipinski definition) is 1. The van der Waals surface area contributed by atoms with Crippen molar-refractivity contribution in [3.05, 3.63) is 82.5 Å². The number of nitrogens with one attached hydrogen (secondary N) is 1. The number of ether oxygens (including phenoxy) is 3. The Labute approximate surface area is 227 Å². The highest BCUT2D eigenvalue weighted by Gasteiger charge is 2.38. The molecule has 206 valence electrons. The lowest BCUT2D eigenvalue weighted by molar-refractivity contribution is -0.141. The van der Waals surface area contributed by atoms with E-state index in [2.05, 4.69) is 10.3 Å². The highest BCUT2D eigenvalue weighted by atomic mass is 35.5. The maximum atomic E-state index is 13.4. The van der Waals surface area contributed by atoms with Gasteiger partial charge < -0.3 is 19.5 Å². The van der Waals surface area contributed by atoms with Gasteiger partial charge in [-0.25, -0.2) is 9.78 Å². The van der Waals surface area contributed by atoms with Crippen LogP contribution in [0.2, 0.25) is 5.02 Å². The Balaban J connectivity index is 1.50. The molecule has 1 aliphatic rings. The maximum Gasteiger partial charge on any atom is 0.433 e. The van der Waals surface area contributed by atoms with Crippen LogP contribution in [0.1, 0.15) is 29.7 Å². The van der Waals surface area contributed by atoms with Crippen molar-refractivity contribution in [2.45, 2.75) is 38.3 Å². The molecule has 1 aromatic heterocycles. The van der Waals surface area contributed by atoms with E-state index < -0.39 is 40.8 Å². The van der Waals surface area contributed by atoms with Crippen molar-refractivity contribution >= 4 is 29.3 Å². The number of methoxy groups -OCH3 is 1. The highest BCUT2D eigenvalue weighted by Crippen LogP contribution is 2.38. The van der Waals surface area contributed by atoms with Crippen LogP contribution in [-0.4, -0.2) is 41.6 Å². The SMILES string of the molecule is COc1ccc(COc2nc(C(F)(F)F)cc(Cl)c2NC(=O)[C@H]2CCCN2C(=O)OCc2ccccc2)cc1. The molecule has 4 rings (SSSR count). The summed E-state index contributed by atoms with van der Waals surface area (Å²) in [5.41, 5.74) is -0.103. The molecule has 1 aliphatic heterocycles. The zero-order chi connectivity index (χ0) is 28.0. The predicted molar refractivity (Wildman–Crippen MR) is 137 cm³/mol. The normalized spacial score (nSPS) is 15.1. The van der Waals surface area contributed by atoms with Gasteiger partial charge in [0, 0.05) is 6.54 Å². The van der Waals surface area contributed by atoms with Crippen LogP contribution >= 0.6 is 11.6 Å². The summed E-state index contributed by atoms with van der Waals surface area (Å²) < 4.78 is 56.3. The van der Waals surface area contributed by atoms with Crippen molar-refractivity contribution < 1.29 is 37.0 Å². The van der Waals surface area contributed by atoms with Crippen LogP contribution in [0.5, 0.6) is 11.6 Å². The number of hydrogen-bond acceptors (Lipinski definition) is 6. The van der Waals surface area contributed by atoms with Crippen molar-refractivity contribution in [1.82, 2.24) is 9.88 Å². The highest BCUT2D eigenvalue weighted by molar-refractivity contribution is 6.34. The number of amides is 2. The lowest BCUT2D eigenvalue weighted by Crippen LogP contribution is -2.43.